The first kappa shape index (κ1) is 15.5. The van der Waals surface area contributed by atoms with E-state index in [1.54, 1.807) is 12.3 Å². The SMILES string of the molecule is CC(C)n1cc(S(=O)(=O)NCCCC2CC2)cc1CN. The molecule has 1 fully saturated rings. The van der Waals surface area contributed by atoms with Crippen molar-refractivity contribution in [3.63, 3.8) is 0 Å². The van der Waals surface area contributed by atoms with E-state index in [9.17, 15) is 8.42 Å². The van der Waals surface area contributed by atoms with Crippen molar-refractivity contribution in [2.75, 3.05) is 6.54 Å². The van der Waals surface area contributed by atoms with E-state index in [-0.39, 0.29) is 6.04 Å². The molecule has 20 heavy (non-hydrogen) atoms. The molecule has 0 bridgehead atoms. The number of sulfonamides is 1. The Bertz CT molecular complexity index is 545. The van der Waals surface area contributed by atoms with Gasteiger partial charge in [-0.25, -0.2) is 13.1 Å². The number of nitrogens with one attached hydrogen (secondary N) is 1. The fourth-order valence-electron chi connectivity index (χ4n) is 2.38. The van der Waals surface area contributed by atoms with Crippen LogP contribution in [0.5, 0.6) is 0 Å². The fourth-order valence-corrected chi connectivity index (χ4v) is 3.50. The Balaban J connectivity index is 2.00. The van der Waals surface area contributed by atoms with Gasteiger partial charge >= 0.3 is 0 Å². The van der Waals surface area contributed by atoms with E-state index in [0.29, 0.717) is 18.0 Å². The van der Waals surface area contributed by atoms with Crippen molar-refractivity contribution in [3.05, 3.63) is 18.0 Å². The number of nitrogens with zero attached hydrogens (tertiary/aromatic N) is 1. The zero-order valence-corrected chi connectivity index (χ0v) is 13.1. The molecule has 1 saturated carbocycles. The van der Waals surface area contributed by atoms with Gasteiger partial charge in [-0.3, -0.25) is 0 Å². The summed E-state index contributed by atoms with van der Waals surface area (Å²) < 4.78 is 29.1. The molecule has 0 unspecified atom stereocenters. The number of nitrogens with two attached hydrogens (primary N) is 1. The second kappa shape index (κ2) is 6.28. The first-order chi connectivity index (χ1) is 9.44. The van der Waals surface area contributed by atoms with Crippen LogP contribution in [0.15, 0.2) is 17.2 Å². The highest BCUT2D eigenvalue weighted by atomic mass is 32.2. The van der Waals surface area contributed by atoms with Crippen LogP contribution in [0.25, 0.3) is 0 Å². The van der Waals surface area contributed by atoms with Crippen molar-refractivity contribution in [1.82, 2.24) is 9.29 Å². The van der Waals surface area contributed by atoms with Crippen LogP contribution in [-0.4, -0.2) is 19.5 Å². The first-order valence-electron chi connectivity index (χ1n) is 7.34. The fraction of sp³-hybridized carbons (Fsp3) is 0.714. The molecule has 0 saturated heterocycles. The molecule has 1 aromatic rings. The van der Waals surface area contributed by atoms with Crippen molar-refractivity contribution in [2.24, 2.45) is 11.7 Å². The molecule has 1 aliphatic rings. The monoisotopic (exact) mass is 299 g/mol. The average molecular weight is 299 g/mol. The van der Waals surface area contributed by atoms with Gasteiger partial charge in [0.2, 0.25) is 10.0 Å². The van der Waals surface area contributed by atoms with Crippen LogP contribution in [0.4, 0.5) is 0 Å². The van der Waals surface area contributed by atoms with Gasteiger partial charge in [0, 0.05) is 31.0 Å². The lowest BCUT2D eigenvalue weighted by Crippen LogP contribution is -2.24. The largest absolute Gasteiger partial charge is 0.346 e. The van der Waals surface area contributed by atoms with Gasteiger partial charge in [0.25, 0.3) is 0 Å². The van der Waals surface area contributed by atoms with E-state index in [4.69, 9.17) is 5.73 Å². The first-order valence-corrected chi connectivity index (χ1v) is 8.83. The number of hydrogen-bond acceptors (Lipinski definition) is 3. The van der Waals surface area contributed by atoms with E-state index in [1.807, 2.05) is 18.4 Å². The molecule has 6 heteroatoms. The van der Waals surface area contributed by atoms with Crippen molar-refractivity contribution in [1.29, 1.82) is 0 Å². The number of hydrogen-bond donors (Lipinski definition) is 2. The van der Waals surface area contributed by atoms with Gasteiger partial charge in [-0.2, -0.15) is 0 Å². The van der Waals surface area contributed by atoms with E-state index in [0.717, 1.165) is 24.5 Å². The van der Waals surface area contributed by atoms with Gasteiger partial charge in [-0.1, -0.05) is 12.8 Å². The highest BCUT2D eigenvalue weighted by Crippen LogP contribution is 2.33. The van der Waals surface area contributed by atoms with Gasteiger partial charge in [-0.15, -0.1) is 0 Å². The third-order valence-electron chi connectivity index (χ3n) is 3.76. The maximum Gasteiger partial charge on any atom is 0.242 e. The minimum Gasteiger partial charge on any atom is -0.346 e. The van der Waals surface area contributed by atoms with Gasteiger partial charge in [0.15, 0.2) is 0 Å². The van der Waals surface area contributed by atoms with Gasteiger partial charge in [-0.05, 0) is 38.7 Å². The molecule has 5 nitrogen and oxygen atoms in total. The summed E-state index contributed by atoms with van der Waals surface area (Å²) >= 11 is 0. The van der Waals surface area contributed by atoms with Gasteiger partial charge < -0.3 is 10.3 Å². The smallest absolute Gasteiger partial charge is 0.242 e. The molecule has 0 aromatic carbocycles. The molecular formula is C14H25N3O2S. The second-order valence-corrected chi connectivity index (χ2v) is 7.62. The average Bonchev–Trinajstić information content (AvgIpc) is 3.09. The van der Waals surface area contributed by atoms with Crippen molar-refractivity contribution < 1.29 is 8.42 Å². The lowest BCUT2D eigenvalue weighted by atomic mass is 10.2. The normalized spacial score (nSPS) is 16.0. The van der Waals surface area contributed by atoms with E-state index < -0.39 is 10.0 Å². The Labute approximate surface area is 121 Å². The lowest BCUT2D eigenvalue weighted by Gasteiger charge is -2.10. The molecular weight excluding hydrogens is 274 g/mol. The van der Waals surface area contributed by atoms with Crippen LogP contribution in [-0.2, 0) is 16.6 Å². The zero-order valence-electron chi connectivity index (χ0n) is 12.3. The predicted molar refractivity (Wildman–Crippen MR) is 79.9 cm³/mol. The van der Waals surface area contributed by atoms with Crippen molar-refractivity contribution >= 4 is 10.0 Å². The maximum absolute atomic E-state index is 12.2. The van der Waals surface area contributed by atoms with E-state index >= 15 is 0 Å². The van der Waals surface area contributed by atoms with Crippen molar-refractivity contribution in [3.8, 4) is 0 Å². The third kappa shape index (κ3) is 3.84. The molecule has 0 spiro atoms. The van der Waals surface area contributed by atoms with Crippen LogP contribution in [0.2, 0.25) is 0 Å². The minimum atomic E-state index is -3.41. The van der Waals surface area contributed by atoms with Crippen LogP contribution >= 0.6 is 0 Å². The standard InChI is InChI=1S/C14H25N3O2S/c1-11(2)17-10-14(8-13(17)9-15)20(18,19)16-7-3-4-12-5-6-12/h8,10-12,16H,3-7,9,15H2,1-2H3. The predicted octanol–water partition coefficient (Wildman–Crippen LogP) is 2.00. The molecule has 0 atom stereocenters. The number of aromatic nitrogens is 1. The summed E-state index contributed by atoms with van der Waals surface area (Å²) in [7, 11) is -3.41. The summed E-state index contributed by atoms with van der Waals surface area (Å²) in [6.07, 6.45) is 6.34. The van der Waals surface area contributed by atoms with E-state index in [2.05, 4.69) is 4.72 Å². The van der Waals surface area contributed by atoms with Crippen LogP contribution < -0.4 is 10.5 Å². The highest BCUT2D eigenvalue weighted by Gasteiger charge is 2.22. The Kier molecular flexibility index (Phi) is 4.88. The summed E-state index contributed by atoms with van der Waals surface area (Å²) in [5.74, 6) is 0.838. The van der Waals surface area contributed by atoms with Crippen LogP contribution in [0.1, 0.15) is 51.3 Å². The second-order valence-electron chi connectivity index (χ2n) is 5.86. The molecule has 1 aliphatic carbocycles. The summed E-state index contributed by atoms with van der Waals surface area (Å²) in [5, 5.41) is 0. The minimum absolute atomic E-state index is 0.201. The van der Waals surface area contributed by atoms with Gasteiger partial charge in [0.1, 0.15) is 0 Å². The Morgan fingerprint density at radius 2 is 2.15 bits per heavy atom. The summed E-state index contributed by atoms with van der Waals surface area (Å²) in [6, 6.07) is 1.87. The molecule has 2 rings (SSSR count). The molecule has 1 aromatic heterocycles. The van der Waals surface area contributed by atoms with E-state index in [1.165, 1.54) is 12.8 Å². The Hall–Kier alpha value is -0.850. The molecule has 0 aliphatic heterocycles. The molecule has 0 amide bonds. The van der Waals surface area contributed by atoms with Crippen molar-refractivity contribution in [2.45, 2.75) is 57.0 Å². The van der Waals surface area contributed by atoms with Crippen LogP contribution in [0.3, 0.4) is 0 Å². The summed E-state index contributed by atoms with van der Waals surface area (Å²) in [5.41, 5.74) is 6.52. The topological polar surface area (TPSA) is 77.1 Å². The highest BCUT2D eigenvalue weighted by molar-refractivity contribution is 7.89. The molecule has 3 N–H and O–H groups in total. The number of rotatable bonds is 8. The Morgan fingerprint density at radius 1 is 1.45 bits per heavy atom. The quantitative estimate of drug-likeness (QED) is 0.721. The zero-order chi connectivity index (χ0) is 14.8. The van der Waals surface area contributed by atoms with Gasteiger partial charge in [0.05, 0.1) is 4.90 Å². The maximum atomic E-state index is 12.2. The third-order valence-corrected chi connectivity index (χ3v) is 5.19. The Morgan fingerprint density at radius 3 is 2.65 bits per heavy atom. The lowest BCUT2D eigenvalue weighted by molar-refractivity contribution is 0.565. The molecule has 0 radical (unpaired) electrons. The summed E-state index contributed by atoms with van der Waals surface area (Å²) in [4.78, 5) is 0.318. The molecule has 114 valence electrons. The molecule has 1 heterocycles. The van der Waals surface area contributed by atoms with Crippen LogP contribution in [0, 0.1) is 5.92 Å². The summed E-state index contributed by atoms with van der Waals surface area (Å²) in [6.45, 7) is 4.89.